The molecule has 0 spiro atoms. The molecule has 0 heterocycles. The number of nitrogens with two attached hydrogens (primary N) is 5. The maximum absolute atomic E-state index is 13.9. The summed E-state index contributed by atoms with van der Waals surface area (Å²) in [6, 6.07) is -8.83. The number of guanidine groups is 1. The zero-order chi connectivity index (χ0) is 51.2. The number of rotatable bonds is 34. The summed E-state index contributed by atoms with van der Waals surface area (Å²) in [4.78, 5) is 133. The second-order valence-corrected chi connectivity index (χ2v) is 17.1. The summed E-state index contributed by atoms with van der Waals surface area (Å²) in [5.74, 6) is -6.98. The molecule has 25 heteroatoms. The molecule has 25 nitrogen and oxygen atoms in total. The van der Waals surface area contributed by atoms with Gasteiger partial charge in [-0.3, -0.25) is 48.1 Å². The predicted molar refractivity (Wildman–Crippen MR) is 251 cm³/mol. The van der Waals surface area contributed by atoms with Crippen LogP contribution < -0.4 is 76.5 Å². The molecule has 0 aromatic carbocycles. The molecule has 0 aliphatic carbocycles. The van der Waals surface area contributed by atoms with Crippen LogP contribution in [0.4, 0.5) is 0 Å². The summed E-state index contributed by atoms with van der Waals surface area (Å²) in [6.07, 6.45) is 3.24. The predicted octanol–water partition coefficient (Wildman–Crippen LogP) is -4.79. The number of amides is 9. The first kappa shape index (κ1) is 61.0. The maximum Gasteiger partial charge on any atom is 0.243 e. The largest absolute Gasteiger partial charge is 0.370 e. The molecule has 0 saturated heterocycles. The van der Waals surface area contributed by atoms with Crippen LogP contribution in [0.5, 0.6) is 0 Å². The van der Waals surface area contributed by atoms with Gasteiger partial charge in [-0.25, -0.2) is 0 Å². The first-order chi connectivity index (χ1) is 31.5. The average molecular weight is 954 g/mol. The first-order valence-electron chi connectivity index (χ1n) is 22.8. The lowest BCUT2D eigenvalue weighted by molar-refractivity contribution is -0.136. The highest BCUT2D eigenvalue weighted by Gasteiger charge is 2.33. The Labute approximate surface area is 393 Å². The van der Waals surface area contributed by atoms with E-state index in [0.717, 1.165) is 0 Å². The van der Waals surface area contributed by atoms with Crippen molar-refractivity contribution in [3.05, 3.63) is 0 Å². The number of nitrogens with one attached hydrogen (secondary N) is 9. The number of hydrogen-bond donors (Lipinski definition) is 14. The van der Waals surface area contributed by atoms with Crippen LogP contribution in [-0.4, -0.2) is 146 Å². The molecule has 0 rings (SSSR count). The molecule has 8 atom stereocenters. The molecular formula is C42H79N15O10. The van der Waals surface area contributed by atoms with Crippen LogP contribution in [0.2, 0.25) is 0 Å². The Kier molecular flexibility index (Phi) is 30.5. The second kappa shape index (κ2) is 33.5. The van der Waals surface area contributed by atoms with Crippen LogP contribution in [0.3, 0.4) is 0 Å². The zero-order valence-corrected chi connectivity index (χ0v) is 40.2. The van der Waals surface area contributed by atoms with Crippen LogP contribution in [0.15, 0.2) is 4.99 Å². The van der Waals surface area contributed by atoms with Crippen LogP contribution in [0, 0.1) is 11.8 Å². The molecule has 9 amide bonds. The Bertz CT molecular complexity index is 1660. The van der Waals surface area contributed by atoms with Gasteiger partial charge in [0.2, 0.25) is 53.2 Å². The fourth-order valence-electron chi connectivity index (χ4n) is 6.23. The van der Waals surface area contributed by atoms with Crippen molar-refractivity contribution >= 4 is 65.4 Å². The molecule has 0 radical (unpaired) electrons. The van der Waals surface area contributed by atoms with Gasteiger partial charge in [0.25, 0.3) is 0 Å². The standard InChI is InChI=1S/C42H79N15O10/c1-23(2)21-31(38(64)50-22-32(59)53-28(37(63)48-19-20-58)15-12-18-49-42(46)47)56-41(67)33(24(3)4)57-40(66)30(14-9-11-17-44)55-36(62)27(7)52-39(65)29(13-8-10-16-43)54-35(61)26(6)51-34(60)25(5)45/h20,23-31,33H,8-19,21-22,43-45H2,1-7H3,(H,48,63)(H,50,64)(H,51,60)(H,52,65)(H,53,59)(H,54,61)(H,55,62)(H,56,67)(H,57,66)(H4,46,47,49)/t25-,26-,27-,28-,29-,30-,31-,33-/m0/s1. The van der Waals surface area contributed by atoms with E-state index < -0.39 is 114 Å². The number of aliphatic imine (C=N–C) groups is 1. The molecule has 19 N–H and O–H groups in total. The lowest BCUT2D eigenvalue weighted by Gasteiger charge is -2.28. The third-order valence-corrected chi connectivity index (χ3v) is 10.0. The third kappa shape index (κ3) is 26.1. The Balaban J connectivity index is 6.01. The van der Waals surface area contributed by atoms with Gasteiger partial charge in [-0.15, -0.1) is 0 Å². The highest BCUT2D eigenvalue weighted by atomic mass is 16.2. The van der Waals surface area contributed by atoms with Crippen LogP contribution >= 0.6 is 0 Å². The molecule has 0 saturated carbocycles. The monoisotopic (exact) mass is 954 g/mol. The summed E-state index contributed by atoms with van der Waals surface area (Å²) in [5, 5.41) is 23.0. The van der Waals surface area contributed by atoms with E-state index in [9.17, 15) is 47.9 Å². The summed E-state index contributed by atoms with van der Waals surface area (Å²) in [6.45, 7) is 11.2. The summed E-state index contributed by atoms with van der Waals surface area (Å²) >= 11 is 0. The third-order valence-electron chi connectivity index (χ3n) is 10.0. The number of carbonyl (C=O) groups excluding carboxylic acids is 10. The molecule has 0 aromatic heterocycles. The van der Waals surface area contributed by atoms with Gasteiger partial charge in [0.1, 0.15) is 48.6 Å². The summed E-state index contributed by atoms with van der Waals surface area (Å²) in [7, 11) is 0. The normalized spacial score (nSPS) is 14.6. The summed E-state index contributed by atoms with van der Waals surface area (Å²) in [5.41, 5.74) is 27.6. The van der Waals surface area contributed by atoms with E-state index in [1.807, 2.05) is 13.8 Å². The van der Waals surface area contributed by atoms with Crippen molar-refractivity contribution in [2.24, 2.45) is 45.5 Å². The van der Waals surface area contributed by atoms with E-state index in [1.54, 1.807) is 13.8 Å². The quantitative estimate of drug-likeness (QED) is 0.0125. The van der Waals surface area contributed by atoms with Crippen molar-refractivity contribution in [2.45, 2.75) is 155 Å². The van der Waals surface area contributed by atoms with E-state index in [4.69, 9.17) is 28.7 Å². The molecule has 0 aromatic rings. The van der Waals surface area contributed by atoms with Gasteiger partial charge in [0.05, 0.1) is 19.1 Å². The average Bonchev–Trinajstić information content (AvgIpc) is 3.25. The minimum Gasteiger partial charge on any atom is -0.370 e. The molecule has 0 bridgehead atoms. The molecule has 0 fully saturated rings. The first-order valence-corrected chi connectivity index (χ1v) is 22.8. The Morgan fingerprint density at radius 2 is 0.985 bits per heavy atom. The number of unbranched alkanes of at least 4 members (excludes halogenated alkanes) is 2. The van der Waals surface area contributed by atoms with Crippen molar-refractivity contribution in [3.63, 3.8) is 0 Å². The van der Waals surface area contributed by atoms with Gasteiger partial charge in [-0.05, 0) is 103 Å². The molecule has 382 valence electrons. The fraction of sp³-hybridized carbons (Fsp3) is 0.738. The Hall–Kier alpha value is -5.95. The lowest BCUT2D eigenvalue weighted by atomic mass is 9.99. The number of aldehydes is 1. The molecule has 0 aliphatic heterocycles. The Morgan fingerprint density at radius 3 is 1.45 bits per heavy atom. The molecule has 0 unspecified atom stereocenters. The summed E-state index contributed by atoms with van der Waals surface area (Å²) < 4.78 is 0. The minimum atomic E-state index is -1.20. The van der Waals surface area contributed by atoms with Crippen molar-refractivity contribution in [2.75, 3.05) is 32.7 Å². The van der Waals surface area contributed by atoms with Crippen LogP contribution in [-0.2, 0) is 47.9 Å². The molecular weight excluding hydrogens is 875 g/mol. The highest BCUT2D eigenvalue weighted by molar-refractivity contribution is 5.97. The van der Waals surface area contributed by atoms with Gasteiger partial charge in [-0.1, -0.05) is 27.7 Å². The van der Waals surface area contributed by atoms with E-state index in [0.29, 0.717) is 51.5 Å². The van der Waals surface area contributed by atoms with Crippen molar-refractivity contribution < 1.29 is 47.9 Å². The van der Waals surface area contributed by atoms with E-state index in [2.05, 4.69) is 52.8 Å². The molecule has 67 heavy (non-hydrogen) atoms. The van der Waals surface area contributed by atoms with E-state index in [-0.39, 0.29) is 50.7 Å². The smallest absolute Gasteiger partial charge is 0.243 e. The SMILES string of the molecule is CC(C)C[C@H](NC(=O)[C@@H](NC(=O)[C@H](CCCCN)NC(=O)[C@H](C)NC(=O)[C@H](CCCCN)NC(=O)[C@H](C)NC(=O)[C@H](C)N)C(C)C)C(=O)NCC(=O)N[C@@H](CCCN=C(N)N)C(=O)NCC=O. The Morgan fingerprint density at radius 1 is 0.522 bits per heavy atom. The van der Waals surface area contributed by atoms with Gasteiger partial charge >= 0.3 is 0 Å². The van der Waals surface area contributed by atoms with Crippen molar-refractivity contribution in [3.8, 4) is 0 Å². The second-order valence-electron chi connectivity index (χ2n) is 17.1. The highest BCUT2D eigenvalue weighted by Crippen LogP contribution is 2.11. The van der Waals surface area contributed by atoms with Gasteiger partial charge < -0.3 is 81.3 Å². The zero-order valence-electron chi connectivity index (χ0n) is 40.2. The number of nitrogens with zero attached hydrogens (tertiary/aromatic N) is 1. The fourth-order valence-corrected chi connectivity index (χ4v) is 6.23. The number of hydrogen-bond acceptors (Lipinski definition) is 14. The number of carbonyl (C=O) groups is 10. The van der Waals surface area contributed by atoms with Crippen molar-refractivity contribution in [1.82, 2.24) is 47.9 Å². The van der Waals surface area contributed by atoms with E-state index >= 15 is 0 Å². The van der Waals surface area contributed by atoms with Gasteiger partial charge in [0, 0.05) is 6.54 Å². The van der Waals surface area contributed by atoms with Crippen LogP contribution in [0.25, 0.3) is 0 Å². The van der Waals surface area contributed by atoms with Gasteiger partial charge in [-0.2, -0.15) is 0 Å². The topological polar surface area (TPSA) is 421 Å². The van der Waals surface area contributed by atoms with Crippen LogP contribution in [0.1, 0.15) is 106 Å². The minimum absolute atomic E-state index is 0.110. The van der Waals surface area contributed by atoms with E-state index in [1.165, 1.54) is 20.8 Å². The maximum atomic E-state index is 13.9. The molecule has 0 aliphatic rings. The van der Waals surface area contributed by atoms with Crippen molar-refractivity contribution in [1.29, 1.82) is 0 Å². The van der Waals surface area contributed by atoms with Gasteiger partial charge in [0.15, 0.2) is 5.96 Å². The lowest BCUT2D eigenvalue weighted by Crippen LogP contribution is -2.60.